The number of hydrogen-bond donors (Lipinski definition) is 2. The maximum atomic E-state index is 12.5. The molecule has 1 fully saturated rings. The van der Waals surface area contributed by atoms with Crippen LogP contribution in [0.15, 0.2) is 48.5 Å². The summed E-state index contributed by atoms with van der Waals surface area (Å²) in [5.41, 5.74) is 5.14. The van der Waals surface area contributed by atoms with E-state index in [1.165, 1.54) is 0 Å². The first-order valence-electron chi connectivity index (χ1n) is 11.1. The zero-order valence-electron chi connectivity index (χ0n) is 18.0. The van der Waals surface area contributed by atoms with Crippen molar-refractivity contribution in [1.29, 1.82) is 0 Å². The smallest absolute Gasteiger partial charge is 0.317 e. The molecule has 0 saturated carbocycles. The lowest BCUT2D eigenvalue weighted by Gasteiger charge is -2.29. The topological polar surface area (TPSA) is 89.1 Å². The molecule has 3 amide bonds. The SMILES string of the molecule is O=C(NOC1CCCCO1)c1ccc2c(c1)CCN(C(=O)NCCOc1ccccc1)C2. The number of amides is 3. The van der Waals surface area contributed by atoms with E-state index in [0.29, 0.717) is 44.8 Å². The molecule has 0 aliphatic carbocycles. The fourth-order valence-corrected chi connectivity index (χ4v) is 3.81. The largest absolute Gasteiger partial charge is 0.492 e. The van der Waals surface area contributed by atoms with E-state index >= 15 is 0 Å². The second-order valence-corrected chi connectivity index (χ2v) is 7.89. The Morgan fingerprint density at radius 1 is 1.09 bits per heavy atom. The predicted octanol–water partition coefficient (Wildman–Crippen LogP) is 3.02. The molecule has 170 valence electrons. The van der Waals surface area contributed by atoms with Crippen molar-refractivity contribution in [3.8, 4) is 5.75 Å². The molecule has 32 heavy (non-hydrogen) atoms. The molecule has 0 radical (unpaired) electrons. The van der Waals surface area contributed by atoms with Crippen LogP contribution in [0.4, 0.5) is 4.79 Å². The second-order valence-electron chi connectivity index (χ2n) is 7.89. The molecule has 8 heteroatoms. The van der Waals surface area contributed by atoms with E-state index < -0.39 is 0 Å². The summed E-state index contributed by atoms with van der Waals surface area (Å²) in [6.45, 7) is 2.60. The van der Waals surface area contributed by atoms with Gasteiger partial charge in [-0.05, 0) is 54.7 Å². The molecule has 2 aliphatic rings. The maximum Gasteiger partial charge on any atom is 0.317 e. The molecule has 4 rings (SSSR count). The summed E-state index contributed by atoms with van der Waals surface area (Å²) in [4.78, 5) is 32.1. The third-order valence-corrected chi connectivity index (χ3v) is 5.58. The molecule has 8 nitrogen and oxygen atoms in total. The Labute approximate surface area is 187 Å². The summed E-state index contributed by atoms with van der Waals surface area (Å²) in [6.07, 6.45) is 3.15. The number of nitrogens with zero attached hydrogens (tertiary/aromatic N) is 1. The fraction of sp³-hybridized carbons (Fsp3) is 0.417. The molecular weight excluding hydrogens is 410 g/mol. The van der Waals surface area contributed by atoms with Crippen molar-refractivity contribution < 1.29 is 23.9 Å². The summed E-state index contributed by atoms with van der Waals surface area (Å²) in [6, 6.07) is 14.9. The van der Waals surface area contributed by atoms with Crippen LogP contribution in [0.25, 0.3) is 0 Å². The highest BCUT2D eigenvalue weighted by molar-refractivity contribution is 5.93. The molecule has 2 aliphatic heterocycles. The molecular formula is C24H29N3O5. The molecule has 0 aromatic heterocycles. The number of fused-ring (bicyclic) bond motifs is 1. The number of rotatable bonds is 7. The van der Waals surface area contributed by atoms with E-state index in [9.17, 15) is 9.59 Å². The van der Waals surface area contributed by atoms with Gasteiger partial charge in [-0.15, -0.1) is 0 Å². The van der Waals surface area contributed by atoms with Gasteiger partial charge in [0, 0.05) is 31.7 Å². The zero-order chi connectivity index (χ0) is 22.2. The van der Waals surface area contributed by atoms with Gasteiger partial charge in [0.15, 0.2) is 6.29 Å². The molecule has 2 aromatic carbocycles. The van der Waals surface area contributed by atoms with E-state index in [2.05, 4.69) is 10.8 Å². The van der Waals surface area contributed by atoms with Crippen LogP contribution in [-0.2, 0) is 22.5 Å². The Hall–Kier alpha value is -3.10. The van der Waals surface area contributed by atoms with Gasteiger partial charge >= 0.3 is 6.03 Å². The standard InChI is InChI=1S/C24H29N3O5/c28-23(26-32-22-8-4-5-14-31-22)19-9-10-20-17-27(13-11-18(20)16-19)24(29)25-12-15-30-21-6-2-1-3-7-21/h1-3,6-7,9-10,16,22H,4-5,8,11-15,17H2,(H,25,29)(H,26,28). The van der Waals surface area contributed by atoms with Crippen molar-refractivity contribution in [2.24, 2.45) is 0 Å². The molecule has 0 spiro atoms. The Bertz CT molecular complexity index is 915. The van der Waals surface area contributed by atoms with Crippen molar-refractivity contribution in [3.63, 3.8) is 0 Å². The number of carbonyl (C=O) groups is 2. The highest BCUT2D eigenvalue weighted by Gasteiger charge is 2.22. The molecule has 1 atom stereocenters. The monoisotopic (exact) mass is 439 g/mol. The van der Waals surface area contributed by atoms with Gasteiger partial charge in [0.25, 0.3) is 5.91 Å². The van der Waals surface area contributed by atoms with Crippen molar-refractivity contribution in [1.82, 2.24) is 15.7 Å². The van der Waals surface area contributed by atoms with E-state index in [-0.39, 0.29) is 18.2 Å². The first kappa shape index (κ1) is 22.1. The summed E-state index contributed by atoms with van der Waals surface area (Å²) < 4.78 is 11.1. The average Bonchev–Trinajstić information content (AvgIpc) is 2.85. The highest BCUT2D eigenvalue weighted by atomic mass is 16.8. The Kier molecular flexibility index (Phi) is 7.58. The Balaban J connectivity index is 1.23. The first-order valence-corrected chi connectivity index (χ1v) is 11.1. The molecule has 2 aromatic rings. The third kappa shape index (κ3) is 5.99. The lowest BCUT2D eigenvalue weighted by Crippen LogP contribution is -2.44. The number of ether oxygens (including phenoxy) is 2. The van der Waals surface area contributed by atoms with Gasteiger partial charge in [-0.3, -0.25) is 4.79 Å². The van der Waals surface area contributed by atoms with Gasteiger partial charge in [-0.2, -0.15) is 0 Å². The van der Waals surface area contributed by atoms with Crippen LogP contribution in [0.1, 0.15) is 40.7 Å². The van der Waals surface area contributed by atoms with E-state index in [0.717, 1.165) is 36.1 Å². The number of hydrogen-bond acceptors (Lipinski definition) is 5. The Morgan fingerprint density at radius 3 is 2.78 bits per heavy atom. The van der Waals surface area contributed by atoms with Crippen LogP contribution < -0.4 is 15.5 Å². The molecule has 1 saturated heterocycles. The molecule has 2 N–H and O–H groups in total. The van der Waals surface area contributed by atoms with Crippen molar-refractivity contribution in [2.45, 2.75) is 38.5 Å². The second kappa shape index (κ2) is 11.0. The predicted molar refractivity (Wildman–Crippen MR) is 118 cm³/mol. The Morgan fingerprint density at radius 2 is 1.97 bits per heavy atom. The number of carbonyl (C=O) groups excluding carboxylic acids is 2. The average molecular weight is 440 g/mol. The minimum absolute atomic E-state index is 0.116. The van der Waals surface area contributed by atoms with Crippen molar-refractivity contribution in [2.75, 3.05) is 26.3 Å². The first-order chi connectivity index (χ1) is 15.7. The number of hydroxylamine groups is 1. The summed E-state index contributed by atoms with van der Waals surface area (Å²) in [7, 11) is 0. The quantitative estimate of drug-likeness (QED) is 0.511. The number of benzene rings is 2. The van der Waals surface area contributed by atoms with Crippen LogP contribution in [0.5, 0.6) is 5.75 Å². The van der Waals surface area contributed by atoms with E-state index in [4.69, 9.17) is 14.3 Å². The van der Waals surface area contributed by atoms with Crippen molar-refractivity contribution in [3.05, 3.63) is 65.2 Å². The van der Waals surface area contributed by atoms with Crippen LogP contribution >= 0.6 is 0 Å². The van der Waals surface area contributed by atoms with Gasteiger partial charge in [-0.25, -0.2) is 15.1 Å². The zero-order valence-corrected chi connectivity index (χ0v) is 18.0. The third-order valence-electron chi connectivity index (χ3n) is 5.58. The van der Waals surface area contributed by atoms with Crippen LogP contribution in [0, 0.1) is 0 Å². The van der Waals surface area contributed by atoms with Gasteiger partial charge in [-0.1, -0.05) is 24.3 Å². The highest BCUT2D eigenvalue weighted by Crippen LogP contribution is 2.21. The van der Waals surface area contributed by atoms with E-state index in [1.807, 2.05) is 42.5 Å². The number of urea groups is 1. The number of nitrogens with one attached hydrogen (secondary N) is 2. The fourth-order valence-electron chi connectivity index (χ4n) is 3.81. The lowest BCUT2D eigenvalue weighted by molar-refractivity contribution is -0.186. The van der Waals surface area contributed by atoms with Crippen LogP contribution in [0.3, 0.4) is 0 Å². The number of para-hydroxylation sites is 1. The minimum Gasteiger partial charge on any atom is -0.492 e. The molecule has 2 heterocycles. The maximum absolute atomic E-state index is 12.5. The summed E-state index contributed by atoms with van der Waals surface area (Å²) >= 11 is 0. The summed E-state index contributed by atoms with van der Waals surface area (Å²) in [5, 5.41) is 2.90. The van der Waals surface area contributed by atoms with Gasteiger partial charge < -0.3 is 19.7 Å². The molecule has 1 unspecified atom stereocenters. The minimum atomic E-state index is -0.379. The van der Waals surface area contributed by atoms with Gasteiger partial charge in [0.2, 0.25) is 0 Å². The normalized spacial score (nSPS) is 17.9. The lowest BCUT2D eigenvalue weighted by atomic mass is 9.97. The van der Waals surface area contributed by atoms with Crippen molar-refractivity contribution >= 4 is 11.9 Å². The van der Waals surface area contributed by atoms with Crippen LogP contribution in [0.2, 0.25) is 0 Å². The summed E-state index contributed by atoms with van der Waals surface area (Å²) in [5.74, 6) is 0.491. The molecule has 0 bridgehead atoms. The van der Waals surface area contributed by atoms with Gasteiger partial charge in [0.1, 0.15) is 12.4 Å². The van der Waals surface area contributed by atoms with Crippen LogP contribution in [-0.4, -0.2) is 49.4 Å². The van der Waals surface area contributed by atoms with Gasteiger partial charge in [0.05, 0.1) is 6.54 Å². The van der Waals surface area contributed by atoms with E-state index in [1.54, 1.807) is 11.0 Å².